The quantitative estimate of drug-likeness (QED) is 0.757. The molecule has 0 aliphatic carbocycles. The molecule has 2 heterocycles. The Morgan fingerprint density at radius 2 is 2.17 bits per heavy atom. The molecule has 0 bridgehead atoms. The van der Waals surface area contributed by atoms with Gasteiger partial charge >= 0.3 is 6.03 Å². The lowest BCUT2D eigenvalue weighted by Gasteiger charge is -2.17. The van der Waals surface area contributed by atoms with Gasteiger partial charge in [-0.25, -0.2) is 9.78 Å². The molecule has 0 saturated heterocycles. The van der Waals surface area contributed by atoms with Crippen molar-refractivity contribution in [2.45, 2.75) is 33.5 Å². The summed E-state index contributed by atoms with van der Waals surface area (Å²) in [7, 11) is 1.79. The Labute approximate surface area is 141 Å². The van der Waals surface area contributed by atoms with Gasteiger partial charge in [-0.1, -0.05) is 18.2 Å². The number of carbonyl (C=O) groups is 1. The van der Waals surface area contributed by atoms with Gasteiger partial charge in [-0.15, -0.1) is 0 Å². The van der Waals surface area contributed by atoms with Crippen LogP contribution in [-0.2, 0) is 19.6 Å². The molecule has 0 spiro atoms. The van der Waals surface area contributed by atoms with Crippen LogP contribution in [0.2, 0.25) is 0 Å². The monoisotopic (exact) mass is 325 g/mol. The molecule has 3 aromatic rings. The van der Waals surface area contributed by atoms with Gasteiger partial charge < -0.3 is 19.8 Å². The Morgan fingerprint density at radius 3 is 2.92 bits per heavy atom. The van der Waals surface area contributed by atoms with Crippen molar-refractivity contribution in [2.75, 3.05) is 7.05 Å². The molecule has 0 aliphatic rings. The number of aryl methyl sites for hydroxylation is 1. The van der Waals surface area contributed by atoms with E-state index in [0.29, 0.717) is 13.1 Å². The Morgan fingerprint density at radius 1 is 1.38 bits per heavy atom. The molecule has 0 saturated carbocycles. The van der Waals surface area contributed by atoms with Gasteiger partial charge in [0.1, 0.15) is 5.82 Å². The van der Waals surface area contributed by atoms with E-state index in [4.69, 9.17) is 0 Å². The molecule has 3 rings (SSSR count). The number of aromatic nitrogens is 3. The second-order valence-corrected chi connectivity index (χ2v) is 5.94. The summed E-state index contributed by atoms with van der Waals surface area (Å²) < 4.78 is 2.10. The molecular weight excluding hydrogens is 302 g/mol. The molecule has 6 heteroatoms. The van der Waals surface area contributed by atoms with Crippen LogP contribution in [0, 0.1) is 6.92 Å². The second kappa shape index (κ2) is 6.78. The number of nitrogens with one attached hydrogen (secondary N) is 2. The zero-order valence-corrected chi connectivity index (χ0v) is 14.3. The first kappa shape index (κ1) is 16.1. The van der Waals surface area contributed by atoms with Gasteiger partial charge in [0.25, 0.3) is 0 Å². The topological polar surface area (TPSA) is 66.0 Å². The molecule has 2 N–H and O–H groups in total. The predicted octanol–water partition coefficient (Wildman–Crippen LogP) is 3.03. The largest absolute Gasteiger partial charge is 0.357 e. The summed E-state index contributed by atoms with van der Waals surface area (Å²) in [5.74, 6) is 0.966. The average Bonchev–Trinajstić information content (AvgIpc) is 3.14. The Balaban J connectivity index is 1.60. The summed E-state index contributed by atoms with van der Waals surface area (Å²) in [4.78, 5) is 21.6. The molecule has 0 radical (unpaired) electrons. The number of carbonyl (C=O) groups excluding carboxylic acids is 1. The third kappa shape index (κ3) is 3.27. The molecule has 126 valence electrons. The van der Waals surface area contributed by atoms with E-state index in [1.165, 1.54) is 0 Å². The molecule has 0 unspecified atom stereocenters. The SMILES string of the molecule is CCn1c(CNC(=O)N(C)Cc2cc3ccccc3[nH]2)cnc1C. The van der Waals surface area contributed by atoms with Crippen LogP contribution in [0.5, 0.6) is 0 Å². The third-order valence-corrected chi connectivity index (χ3v) is 4.21. The van der Waals surface area contributed by atoms with Crippen LogP contribution in [0.1, 0.15) is 24.1 Å². The minimum Gasteiger partial charge on any atom is -0.357 e. The maximum atomic E-state index is 12.3. The van der Waals surface area contributed by atoms with E-state index in [1.807, 2.05) is 31.3 Å². The molecule has 0 fully saturated rings. The van der Waals surface area contributed by atoms with Crippen molar-refractivity contribution in [2.24, 2.45) is 0 Å². The first-order valence-corrected chi connectivity index (χ1v) is 8.15. The second-order valence-electron chi connectivity index (χ2n) is 5.94. The van der Waals surface area contributed by atoms with Gasteiger partial charge in [-0.2, -0.15) is 0 Å². The summed E-state index contributed by atoms with van der Waals surface area (Å²) in [6.45, 7) is 5.90. The van der Waals surface area contributed by atoms with Crippen LogP contribution < -0.4 is 5.32 Å². The predicted molar refractivity (Wildman–Crippen MR) is 94.6 cm³/mol. The maximum absolute atomic E-state index is 12.3. The van der Waals surface area contributed by atoms with Crippen molar-refractivity contribution in [3.8, 4) is 0 Å². The van der Waals surface area contributed by atoms with E-state index < -0.39 is 0 Å². The zero-order valence-electron chi connectivity index (χ0n) is 14.3. The van der Waals surface area contributed by atoms with Crippen LogP contribution >= 0.6 is 0 Å². The van der Waals surface area contributed by atoms with Gasteiger partial charge in [0.2, 0.25) is 0 Å². The summed E-state index contributed by atoms with van der Waals surface area (Å²) in [6, 6.07) is 10.1. The van der Waals surface area contributed by atoms with Crippen molar-refractivity contribution in [1.82, 2.24) is 24.8 Å². The molecule has 2 aromatic heterocycles. The number of nitrogens with zero attached hydrogens (tertiary/aromatic N) is 3. The molecule has 0 atom stereocenters. The molecule has 1 aromatic carbocycles. The number of para-hydroxylation sites is 1. The molecular formula is C18H23N5O. The number of hydrogen-bond donors (Lipinski definition) is 2. The van der Waals surface area contributed by atoms with Gasteiger partial charge in [0.15, 0.2) is 0 Å². The number of imidazole rings is 1. The number of hydrogen-bond acceptors (Lipinski definition) is 2. The Hall–Kier alpha value is -2.76. The minimum absolute atomic E-state index is 0.102. The van der Waals surface area contributed by atoms with Gasteiger partial charge in [0.05, 0.1) is 25.0 Å². The standard InChI is InChI=1S/C18H23N5O/c1-4-23-13(2)19-10-16(23)11-20-18(24)22(3)12-15-9-14-7-5-6-8-17(14)21-15/h5-10,21H,4,11-12H2,1-3H3,(H,20,24). The zero-order chi connectivity index (χ0) is 17.1. The van der Waals surface area contributed by atoms with E-state index >= 15 is 0 Å². The Kier molecular flexibility index (Phi) is 4.55. The highest BCUT2D eigenvalue weighted by atomic mass is 16.2. The lowest BCUT2D eigenvalue weighted by molar-refractivity contribution is 0.205. The fourth-order valence-electron chi connectivity index (χ4n) is 2.94. The summed E-state index contributed by atoms with van der Waals surface area (Å²) >= 11 is 0. The van der Waals surface area contributed by atoms with E-state index in [9.17, 15) is 4.79 Å². The average molecular weight is 325 g/mol. The van der Waals surface area contributed by atoms with Crippen molar-refractivity contribution < 1.29 is 4.79 Å². The minimum atomic E-state index is -0.102. The molecule has 24 heavy (non-hydrogen) atoms. The molecule has 2 amide bonds. The summed E-state index contributed by atoms with van der Waals surface area (Å²) in [5.41, 5.74) is 3.12. The number of urea groups is 1. The van der Waals surface area contributed by atoms with Crippen molar-refractivity contribution in [3.05, 3.63) is 53.7 Å². The maximum Gasteiger partial charge on any atom is 0.317 e. The number of fused-ring (bicyclic) bond motifs is 1. The van der Waals surface area contributed by atoms with Crippen molar-refractivity contribution >= 4 is 16.9 Å². The van der Waals surface area contributed by atoms with Crippen LogP contribution in [0.15, 0.2) is 36.5 Å². The lowest BCUT2D eigenvalue weighted by atomic mass is 10.2. The number of rotatable bonds is 5. The van der Waals surface area contributed by atoms with Crippen LogP contribution in [0.3, 0.4) is 0 Å². The number of amides is 2. The normalized spacial score (nSPS) is 11.0. The first-order chi connectivity index (χ1) is 11.6. The number of benzene rings is 1. The van der Waals surface area contributed by atoms with Crippen LogP contribution in [0.25, 0.3) is 10.9 Å². The van der Waals surface area contributed by atoms with E-state index in [-0.39, 0.29) is 6.03 Å². The van der Waals surface area contributed by atoms with E-state index in [1.54, 1.807) is 11.9 Å². The Bertz CT molecular complexity index is 815. The molecule has 6 nitrogen and oxygen atoms in total. The summed E-state index contributed by atoms with van der Waals surface area (Å²) in [5, 5.41) is 4.11. The van der Waals surface area contributed by atoms with Crippen molar-refractivity contribution in [1.29, 1.82) is 0 Å². The number of H-pyrrole nitrogens is 1. The van der Waals surface area contributed by atoms with Gasteiger partial charge in [-0.05, 0) is 31.4 Å². The van der Waals surface area contributed by atoms with Crippen molar-refractivity contribution in [3.63, 3.8) is 0 Å². The fourth-order valence-corrected chi connectivity index (χ4v) is 2.94. The first-order valence-electron chi connectivity index (χ1n) is 8.15. The highest BCUT2D eigenvalue weighted by molar-refractivity contribution is 5.80. The van der Waals surface area contributed by atoms with Gasteiger partial charge in [-0.3, -0.25) is 0 Å². The number of aromatic amines is 1. The summed E-state index contributed by atoms with van der Waals surface area (Å²) in [6.07, 6.45) is 1.82. The lowest BCUT2D eigenvalue weighted by Crippen LogP contribution is -2.36. The highest BCUT2D eigenvalue weighted by Crippen LogP contribution is 2.15. The van der Waals surface area contributed by atoms with Crippen LogP contribution in [-0.4, -0.2) is 32.5 Å². The van der Waals surface area contributed by atoms with Gasteiger partial charge in [0, 0.05) is 24.8 Å². The van der Waals surface area contributed by atoms with E-state index in [2.05, 4.69) is 38.9 Å². The van der Waals surface area contributed by atoms with E-state index in [0.717, 1.165) is 34.7 Å². The fraction of sp³-hybridized carbons (Fsp3) is 0.333. The third-order valence-electron chi connectivity index (χ3n) is 4.21. The smallest absolute Gasteiger partial charge is 0.317 e. The van der Waals surface area contributed by atoms with Crippen LogP contribution in [0.4, 0.5) is 4.79 Å². The molecule has 0 aliphatic heterocycles. The highest BCUT2D eigenvalue weighted by Gasteiger charge is 2.12.